The summed E-state index contributed by atoms with van der Waals surface area (Å²) in [5.74, 6) is 0.504. The Bertz CT molecular complexity index is 1200. The molecule has 0 radical (unpaired) electrons. The summed E-state index contributed by atoms with van der Waals surface area (Å²) in [5, 5.41) is 13.7. The molecule has 1 spiro atoms. The Morgan fingerprint density at radius 3 is 2.61 bits per heavy atom. The Labute approximate surface area is 221 Å². The number of nitrogens with one attached hydrogen (secondary N) is 1. The van der Waals surface area contributed by atoms with E-state index in [0.29, 0.717) is 52.5 Å². The highest BCUT2D eigenvalue weighted by Crippen LogP contribution is 2.43. The summed E-state index contributed by atoms with van der Waals surface area (Å²) in [6.45, 7) is 11.3. The minimum absolute atomic E-state index is 0.116. The van der Waals surface area contributed by atoms with Gasteiger partial charge in [-0.15, -0.1) is 0 Å². The average Bonchev–Trinajstić information content (AvgIpc) is 3.09. The molecule has 2 saturated heterocycles. The normalized spacial score (nSPS) is 21.3. The molecule has 36 heavy (non-hydrogen) atoms. The molecule has 1 aromatic heterocycles. The summed E-state index contributed by atoms with van der Waals surface area (Å²) in [5.41, 5.74) is 1.36. The molecule has 2 atom stereocenters. The maximum atomic E-state index is 12.5. The van der Waals surface area contributed by atoms with Gasteiger partial charge in [-0.25, -0.2) is 14.8 Å². The number of ether oxygens (including phenoxy) is 2. The second kappa shape index (κ2) is 10.0. The molecule has 2 aliphatic rings. The SMILES string of the molecule is Cc1nc(N2CCC3(CC2)CO[C@@H](C)[C@H]3NC(=O)OC(C)(C)C)nc(C#N)c1-c1cccc(Cl)c1Cl. The number of nitrogens with zero attached hydrogens (tertiary/aromatic N) is 4. The fraction of sp³-hybridized carbons (Fsp3) is 0.538. The number of carbonyl (C=O) groups is 1. The van der Waals surface area contributed by atoms with Gasteiger partial charge in [0.15, 0.2) is 5.69 Å². The molecule has 2 aliphatic heterocycles. The number of hydrogen-bond donors (Lipinski definition) is 1. The molecule has 1 N–H and O–H groups in total. The van der Waals surface area contributed by atoms with Gasteiger partial charge in [-0.3, -0.25) is 0 Å². The van der Waals surface area contributed by atoms with Crippen molar-refractivity contribution in [1.29, 1.82) is 5.26 Å². The van der Waals surface area contributed by atoms with E-state index in [1.165, 1.54) is 0 Å². The molecule has 0 unspecified atom stereocenters. The van der Waals surface area contributed by atoms with E-state index in [2.05, 4.69) is 21.3 Å². The largest absolute Gasteiger partial charge is 0.444 e. The van der Waals surface area contributed by atoms with Gasteiger partial charge in [0, 0.05) is 29.6 Å². The number of halogens is 2. The molecule has 4 rings (SSSR count). The minimum Gasteiger partial charge on any atom is -0.444 e. The van der Waals surface area contributed by atoms with Gasteiger partial charge in [0.2, 0.25) is 5.95 Å². The number of rotatable bonds is 3. The summed E-state index contributed by atoms with van der Waals surface area (Å²) in [6, 6.07) is 7.34. The first-order valence-corrected chi connectivity index (χ1v) is 12.8. The topological polar surface area (TPSA) is 100 Å². The maximum Gasteiger partial charge on any atom is 0.407 e. The molecule has 0 aliphatic carbocycles. The van der Waals surface area contributed by atoms with Crippen molar-refractivity contribution in [3.05, 3.63) is 39.6 Å². The second-order valence-corrected chi connectivity index (χ2v) is 11.3. The van der Waals surface area contributed by atoms with E-state index in [1.54, 1.807) is 12.1 Å². The molecule has 1 amide bonds. The number of nitriles is 1. The van der Waals surface area contributed by atoms with E-state index in [0.717, 1.165) is 12.8 Å². The molecular formula is C26H31Cl2N5O3. The lowest BCUT2D eigenvalue weighted by molar-refractivity contribution is 0.0434. The van der Waals surface area contributed by atoms with Crippen molar-refractivity contribution >= 4 is 35.2 Å². The maximum absolute atomic E-state index is 12.5. The standard InChI is InChI=1S/C26H31Cl2N5O3/c1-15-20(17-7-6-8-18(27)21(17)28)19(13-29)31-23(30-15)33-11-9-26(10-12-33)14-35-16(2)22(26)32-24(34)36-25(3,4)5/h6-8,16,22H,9-12,14H2,1-5H3,(H,32,34)/t16-,22+/m0/s1. The van der Waals surface area contributed by atoms with Crippen LogP contribution in [0.4, 0.5) is 10.7 Å². The van der Waals surface area contributed by atoms with Gasteiger partial charge < -0.3 is 19.7 Å². The van der Waals surface area contributed by atoms with Crippen molar-refractivity contribution in [3.8, 4) is 17.2 Å². The minimum atomic E-state index is -0.571. The Hall–Kier alpha value is -2.60. The molecule has 10 heteroatoms. The lowest BCUT2D eigenvalue weighted by Crippen LogP contribution is -2.55. The lowest BCUT2D eigenvalue weighted by Gasteiger charge is -2.42. The number of benzene rings is 1. The monoisotopic (exact) mass is 531 g/mol. The number of aryl methyl sites for hydroxylation is 1. The van der Waals surface area contributed by atoms with Gasteiger partial charge in [-0.2, -0.15) is 5.26 Å². The first-order valence-electron chi connectivity index (χ1n) is 12.0. The predicted molar refractivity (Wildman–Crippen MR) is 139 cm³/mol. The van der Waals surface area contributed by atoms with Crippen LogP contribution in [0.1, 0.15) is 51.9 Å². The van der Waals surface area contributed by atoms with Crippen LogP contribution >= 0.6 is 23.2 Å². The molecule has 1 aromatic carbocycles. The summed E-state index contributed by atoms with van der Waals surface area (Å²) >= 11 is 12.6. The van der Waals surface area contributed by atoms with Gasteiger partial charge in [0.05, 0.1) is 34.5 Å². The first kappa shape index (κ1) is 26.5. The number of alkyl carbamates (subject to hydrolysis) is 1. The Morgan fingerprint density at radius 2 is 1.97 bits per heavy atom. The number of aromatic nitrogens is 2. The highest BCUT2D eigenvalue weighted by Gasteiger charge is 2.50. The first-order chi connectivity index (χ1) is 16.9. The van der Waals surface area contributed by atoms with E-state index in [4.69, 9.17) is 37.7 Å². The van der Waals surface area contributed by atoms with Crippen LogP contribution in [0, 0.1) is 23.7 Å². The quantitative estimate of drug-likeness (QED) is 0.555. The molecular weight excluding hydrogens is 501 g/mol. The molecule has 3 heterocycles. The van der Waals surface area contributed by atoms with E-state index < -0.39 is 11.7 Å². The summed E-state index contributed by atoms with van der Waals surface area (Å²) in [4.78, 5) is 23.9. The molecule has 2 aromatic rings. The van der Waals surface area contributed by atoms with Crippen LogP contribution in [0.15, 0.2) is 18.2 Å². The molecule has 192 valence electrons. The van der Waals surface area contributed by atoms with Crippen molar-refractivity contribution in [3.63, 3.8) is 0 Å². The number of hydrogen-bond acceptors (Lipinski definition) is 7. The highest BCUT2D eigenvalue weighted by molar-refractivity contribution is 6.43. The van der Waals surface area contributed by atoms with Gasteiger partial charge in [0.25, 0.3) is 0 Å². The van der Waals surface area contributed by atoms with Crippen LogP contribution in [-0.4, -0.2) is 53.5 Å². The Balaban J connectivity index is 1.54. The van der Waals surface area contributed by atoms with Crippen LogP contribution in [-0.2, 0) is 9.47 Å². The van der Waals surface area contributed by atoms with Crippen molar-refractivity contribution < 1.29 is 14.3 Å². The van der Waals surface area contributed by atoms with Crippen LogP contribution in [0.2, 0.25) is 10.0 Å². The summed E-state index contributed by atoms with van der Waals surface area (Å²) in [6.07, 6.45) is 1.02. The third-order valence-corrected chi connectivity index (χ3v) is 7.70. The third kappa shape index (κ3) is 5.24. The van der Waals surface area contributed by atoms with Crippen LogP contribution in [0.25, 0.3) is 11.1 Å². The highest BCUT2D eigenvalue weighted by atomic mass is 35.5. The zero-order valence-corrected chi connectivity index (χ0v) is 22.7. The van der Waals surface area contributed by atoms with E-state index >= 15 is 0 Å². The zero-order chi connectivity index (χ0) is 26.3. The number of piperidine rings is 1. The van der Waals surface area contributed by atoms with Crippen molar-refractivity contribution in [2.75, 3.05) is 24.6 Å². The second-order valence-electron chi connectivity index (χ2n) is 10.5. The zero-order valence-electron chi connectivity index (χ0n) is 21.2. The van der Waals surface area contributed by atoms with Crippen LogP contribution in [0.5, 0.6) is 0 Å². The fourth-order valence-corrected chi connectivity index (χ4v) is 5.49. The lowest BCUT2D eigenvalue weighted by atomic mass is 9.73. The summed E-state index contributed by atoms with van der Waals surface area (Å²) in [7, 11) is 0. The van der Waals surface area contributed by atoms with Crippen LogP contribution in [0.3, 0.4) is 0 Å². The molecule has 0 bridgehead atoms. The number of anilines is 1. The van der Waals surface area contributed by atoms with E-state index in [1.807, 2.05) is 40.7 Å². The van der Waals surface area contributed by atoms with Gasteiger partial charge >= 0.3 is 6.09 Å². The van der Waals surface area contributed by atoms with E-state index in [-0.39, 0.29) is 23.3 Å². The van der Waals surface area contributed by atoms with E-state index in [9.17, 15) is 10.1 Å². The smallest absolute Gasteiger partial charge is 0.407 e. The predicted octanol–water partition coefficient (Wildman–Crippen LogP) is 5.53. The average molecular weight is 532 g/mol. The summed E-state index contributed by atoms with van der Waals surface area (Å²) < 4.78 is 11.5. The molecule has 2 fully saturated rings. The van der Waals surface area contributed by atoms with Gasteiger partial charge in [-0.1, -0.05) is 35.3 Å². The van der Waals surface area contributed by atoms with Crippen molar-refractivity contribution in [2.24, 2.45) is 5.41 Å². The molecule has 8 nitrogen and oxygen atoms in total. The Kier molecular flexibility index (Phi) is 7.38. The van der Waals surface area contributed by atoms with Crippen molar-refractivity contribution in [2.45, 2.75) is 65.2 Å². The van der Waals surface area contributed by atoms with Gasteiger partial charge in [0.1, 0.15) is 11.7 Å². The Morgan fingerprint density at radius 1 is 1.28 bits per heavy atom. The van der Waals surface area contributed by atoms with Gasteiger partial charge in [-0.05, 0) is 53.5 Å². The van der Waals surface area contributed by atoms with Crippen LogP contribution < -0.4 is 10.2 Å². The van der Waals surface area contributed by atoms with Crippen molar-refractivity contribution in [1.82, 2.24) is 15.3 Å². The fourth-order valence-electron chi connectivity index (χ4n) is 5.09. The molecule has 0 saturated carbocycles. The number of carbonyl (C=O) groups excluding carboxylic acids is 1. The number of amides is 1. The third-order valence-electron chi connectivity index (χ3n) is 6.88.